The molecule has 4 aliphatic carbocycles. The second kappa shape index (κ2) is 11.3. The van der Waals surface area contributed by atoms with Gasteiger partial charge in [0.15, 0.2) is 0 Å². The van der Waals surface area contributed by atoms with Gasteiger partial charge >= 0.3 is 5.97 Å². The van der Waals surface area contributed by atoms with Gasteiger partial charge in [0.25, 0.3) is 0 Å². The van der Waals surface area contributed by atoms with Crippen molar-refractivity contribution >= 4 is 5.97 Å². The Morgan fingerprint density at radius 2 is 1.63 bits per heavy atom. The third-order valence-electron chi connectivity index (χ3n) is 12.1. The average molecular weight is 535 g/mol. The SMILES string of the molecule is CO[C@@H]1CC[C@@]2(C)[C@H](C1)C[C@@H](OC)[C@@H]1[C@@H]2C[C@H](OC)[C@]2(C)[C@@H]([C@H](C)CC(C)CC(=O)OC(C)(C)C)CC[C@@H]12. The number of rotatable bonds is 8. The van der Waals surface area contributed by atoms with Crippen LogP contribution in [0.3, 0.4) is 0 Å². The summed E-state index contributed by atoms with van der Waals surface area (Å²) < 4.78 is 24.3. The lowest BCUT2D eigenvalue weighted by molar-refractivity contribution is -0.218. The fourth-order valence-corrected chi connectivity index (χ4v) is 10.4. The zero-order chi connectivity index (χ0) is 28.0. The van der Waals surface area contributed by atoms with E-state index in [0.29, 0.717) is 65.5 Å². The molecule has 5 nitrogen and oxygen atoms in total. The highest BCUT2D eigenvalue weighted by Gasteiger charge is 2.66. The number of ether oxygens (including phenoxy) is 4. The van der Waals surface area contributed by atoms with E-state index >= 15 is 0 Å². The van der Waals surface area contributed by atoms with Crippen LogP contribution in [0.2, 0.25) is 0 Å². The maximum Gasteiger partial charge on any atom is 0.306 e. The molecule has 0 N–H and O–H groups in total. The van der Waals surface area contributed by atoms with Gasteiger partial charge in [-0.25, -0.2) is 0 Å². The minimum Gasteiger partial charge on any atom is -0.460 e. The Morgan fingerprint density at radius 1 is 0.921 bits per heavy atom. The van der Waals surface area contributed by atoms with Crippen LogP contribution >= 0.6 is 0 Å². The molecule has 0 aliphatic heterocycles. The maximum absolute atomic E-state index is 12.5. The maximum atomic E-state index is 12.5. The molecule has 220 valence electrons. The van der Waals surface area contributed by atoms with Gasteiger partial charge in [0.1, 0.15) is 5.60 Å². The van der Waals surface area contributed by atoms with Gasteiger partial charge in [0, 0.05) is 33.2 Å². The van der Waals surface area contributed by atoms with Crippen LogP contribution in [0.4, 0.5) is 0 Å². The number of esters is 1. The second-order valence-corrected chi connectivity index (χ2v) is 15.3. The molecule has 0 saturated heterocycles. The quantitative estimate of drug-likeness (QED) is 0.306. The minimum atomic E-state index is -0.421. The molecule has 5 heteroatoms. The van der Waals surface area contributed by atoms with Crippen molar-refractivity contribution in [1.82, 2.24) is 0 Å². The highest BCUT2D eigenvalue weighted by Crippen LogP contribution is 2.69. The largest absolute Gasteiger partial charge is 0.460 e. The first-order chi connectivity index (χ1) is 17.8. The van der Waals surface area contributed by atoms with Crippen molar-refractivity contribution < 1.29 is 23.7 Å². The van der Waals surface area contributed by atoms with E-state index in [-0.39, 0.29) is 17.5 Å². The van der Waals surface area contributed by atoms with Crippen molar-refractivity contribution in [1.29, 1.82) is 0 Å². The Kier molecular flexibility index (Phi) is 9.03. The van der Waals surface area contributed by atoms with Crippen molar-refractivity contribution in [2.75, 3.05) is 21.3 Å². The molecule has 4 aliphatic rings. The molecule has 1 unspecified atom stereocenters. The predicted octanol–water partition coefficient (Wildman–Crippen LogP) is 7.30. The normalized spacial score (nSPS) is 44.5. The molecule has 0 bridgehead atoms. The Bertz CT molecular complexity index is 821. The monoisotopic (exact) mass is 534 g/mol. The van der Waals surface area contributed by atoms with Crippen molar-refractivity contribution in [3.8, 4) is 0 Å². The third kappa shape index (κ3) is 5.47. The summed E-state index contributed by atoms with van der Waals surface area (Å²) in [6.07, 6.45) is 11.0. The highest BCUT2D eigenvalue weighted by molar-refractivity contribution is 5.70. The molecule has 4 fully saturated rings. The minimum absolute atomic E-state index is 0.0703. The summed E-state index contributed by atoms with van der Waals surface area (Å²) in [7, 11) is 5.79. The zero-order valence-corrected chi connectivity index (χ0v) is 26.2. The molecular weight excluding hydrogens is 476 g/mol. The average Bonchev–Trinajstić information content (AvgIpc) is 3.19. The molecular formula is C33H58O5. The standard InChI is InChI=1S/C33H58O5/c1-20(16-29(34)38-31(3,4)5)15-21(2)24-11-12-25-30-26(19-28(37-10)33(24,25)7)32(6)14-13-23(35-8)17-22(32)18-27(30)36-9/h20-28,30H,11-19H2,1-10H3/t20?,21-,22-,23-,24-,25+,26+,27-,28+,30+,32+,33-/m1/s1. The van der Waals surface area contributed by atoms with Crippen molar-refractivity contribution in [3.63, 3.8) is 0 Å². The van der Waals surface area contributed by atoms with Gasteiger partial charge in [-0.1, -0.05) is 27.7 Å². The number of hydrogen-bond acceptors (Lipinski definition) is 5. The topological polar surface area (TPSA) is 54.0 Å². The van der Waals surface area contributed by atoms with Crippen molar-refractivity contribution in [2.24, 2.45) is 52.3 Å². The molecule has 0 spiro atoms. The fourth-order valence-electron chi connectivity index (χ4n) is 10.4. The Morgan fingerprint density at radius 3 is 2.24 bits per heavy atom. The fraction of sp³-hybridized carbons (Fsp3) is 0.970. The van der Waals surface area contributed by atoms with Crippen LogP contribution in [0.5, 0.6) is 0 Å². The first-order valence-electron chi connectivity index (χ1n) is 15.6. The van der Waals surface area contributed by atoms with E-state index in [1.54, 1.807) is 0 Å². The first-order valence-corrected chi connectivity index (χ1v) is 15.6. The van der Waals surface area contributed by atoms with E-state index in [4.69, 9.17) is 18.9 Å². The lowest BCUT2D eigenvalue weighted by atomic mass is 9.43. The summed E-state index contributed by atoms with van der Waals surface area (Å²) in [6, 6.07) is 0. The smallest absolute Gasteiger partial charge is 0.306 e. The van der Waals surface area contributed by atoms with Crippen molar-refractivity contribution in [3.05, 3.63) is 0 Å². The molecule has 0 radical (unpaired) electrons. The van der Waals surface area contributed by atoms with Crippen LogP contribution in [0.15, 0.2) is 0 Å². The number of methoxy groups -OCH3 is 3. The van der Waals surface area contributed by atoms with E-state index < -0.39 is 5.60 Å². The molecule has 12 atom stereocenters. The number of fused-ring (bicyclic) bond motifs is 5. The van der Waals surface area contributed by atoms with Crippen LogP contribution in [-0.4, -0.2) is 51.2 Å². The molecule has 0 aromatic carbocycles. The van der Waals surface area contributed by atoms with Gasteiger partial charge in [0.05, 0.1) is 18.3 Å². The van der Waals surface area contributed by atoms with Crippen molar-refractivity contribution in [2.45, 2.75) is 130 Å². The summed E-state index contributed by atoms with van der Waals surface area (Å²) in [6.45, 7) is 15.6. The van der Waals surface area contributed by atoms with Gasteiger partial charge in [-0.2, -0.15) is 0 Å². The summed E-state index contributed by atoms with van der Waals surface area (Å²) in [5, 5.41) is 0. The molecule has 0 aromatic heterocycles. The summed E-state index contributed by atoms with van der Waals surface area (Å²) in [5.41, 5.74) is 0.0678. The summed E-state index contributed by atoms with van der Waals surface area (Å²) in [5.74, 6) is 3.94. The Balaban J connectivity index is 1.54. The predicted molar refractivity (Wildman–Crippen MR) is 152 cm³/mol. The first kappa shape index (κ1) is 30.3. The van der Waals surface area contributed by atoms with E-state index in [2.05, 4.69) is 27.7 Å². The Hall–Kier alpha value is -0.650. The van der Waals surface area contributed by atoms with Gasteiger partial charge in [-0.05, 0) is 119 Å². The van der Waals surface area contributed by atoms with E-state index in [0.717, 1.165) is 12.8 Å². The molecule has 0 amide bonds. The molecule has 0 aromatic rings. The molecule has 4 rings (SSSR count). The van der Waals surface area contributed by atoms with Gasteiger partial charge in [-0.15, -0.1) is 0 Å². The lowest BCUT2D eigenvalue weighted by Gasteiger charge is -2.64. The zero-order valence-electron chi connectivity index (χ0n) is 26.2. The summed E-state index contributed by atoms with van der Waals surface area (Å²) >= 11 is 0. The van der Waals surface area contributed by atoms with Gasteiger partial charge in [-0.3, -0.25) is 4.79 Å². The van der Waals surface area contributed by atoms with Gasteiger partial charge < -0.3 is 18.9 Å². The second-order valence-electron chi connectivity index (χ2n) is 15.3. The Labute approximate surface area is 233 Å². The molecule has 4 saturated carbocycles. The molecule has 38 heavy (non-hydrogen) atoms. The third-order valence-corrected chi connectivity index (χ3v) is 12.1. The van der Waals surface area contributed by atoms with E-state index in [9.17, 15) is 4.79 Å². The molecule has 0 heterocycles. The van der Waals surface area contributed by atoms with Crippen LogP contribution < -0.4 is 0 Å². The number of carbonyl (C=O) groups is 1. The number of hydrogen-bond donors (Lipinski definition) is 0. The van der Waals surface area contributed by atoms with Crippen LogP contribution in [0.1, 0.15) is 106 Å². The van der Waals surface area contributed by atoms with E-state index in [1.807, 2.05) is 42.1 Å². The highest BCUT2D eigenvalue weighted by atomic mass is 16.6. The summed E-state index contributed by atoms with van der Waals surface area (Å²) in [4.78, 5) is 12.5. The lowest BCUT2D eigenvalue weighted by Crippen LogP contribution is -2.63. The van der Waals surface area contributed by atoms with Gasteiger partial charge in [0.2, 0.25) is 0 Å². The van der Waals surface area contributed by atoms with Crippen LogP contribution in [0.25, 0.3) is 0 Å². The van der Waals surface area contributed by atoms with Crippen LogP contribution in [0, 0.1) is 52.3 Å². The van der Waals surface area contributed by atoms with E-state index in [1.165, 1.54) is 38.5 Å². The number of carbonyl (C=O) groups excluding carboxylic acids is 1. The van der Waals surface area contributed by atoms with Crippen LogP contribution in [-0.2, 0) is 23.7 Å².